The highest BCUT2D eigenvalue weighted by Gasteiger charge is 2.12. The molecule has 0 saturated heterocycles. The third-order valence-corrected chi connectivity index (χ3v) is 6.17. The van der Waals surface area contributed by atoms with Gasteiger partial charge < -0.3 is 4.74 Å². The summed E-state index contributed by atoms with van der Waals surface area (Å²) in [5, 5.41) is 8.80. The summed E-state index contributed by atoms with van der Waals surface area (Å²) in [4.78, 5) is 21.3. The second-order valence-corrected chi connectivity index (χ2v) is 9.07. The van der Waals surface area contributed by atoms with Gasteiger partial charge in [0.15, 0.2) is 5.82 Å². The maximum atomic E-state index is 13.7. The van der Waals surface area contributed by atoms with Crippen molar-refractivity contribution in [2.24, 2.45) is 0 Å². The van der Waals surface area contributed by atoms with Crippen molar-refractivity contribution in [1.29, 1.82) is 5.26 Å². The van der Waals surface area contributed by atoms with E-state index in [1.165, 1.54) is 69.9 Å². The number of nitriles is 1. The third-order valence-electron chi connectivity index (χ3n) is 6.17. The van der Waals surface area contributed by atoms with E-state index in [0.29, 0.717) is 11.4 Å². The van der Waals surface area contributed by atoms with Gasteiger partial charge in [-0.15, -0.1) is 0 Å². The Bertz CT molecular complexity index is 1140. The number of ether oxygens (including phenoxy) is 1. The molecule has 0 unspecified atom stereocenters. The summed E-state index contributed by atoms with van der Waals surface area (Å²) < 4.78 is 18.9. The van der Waals surface area contributed by atoms with Crippen LogP contribution in [0.25, 0.3) is 11.4 Å². The van der Waals surface area contributed by atoms with Crippen molar-refractivity contribution in [2.75, 3.05) is 0 Å². The van der Waals surface area contributed by atoms with Crippen molar-refractivity contribution in [3.63, 3.8) is 0 Å². The molecular formula is C30H34FN3O2. The average Bonchev–Trinajstić information content (AvgIpc) is 2.90. The largest absolute Gasteiger partial charge is 0.423 e. The highest BCUT2D eigenvalue weighted by molar-refractivity contribution is 5.91. The van der Waals surface area contributed by atoms with E-state index < -0.39 is 11.8 Å². The van der Waals surface area contributed by atoms with Gasteiger partial charge in [-0.3, -0.25) is 0 Å². The van der Waals surface area contributed by atoms with Gasteiger partial charge in [-0.2, -0.15) is 5.26 Å². The number of hydrogen-bond acceptors (Lipinski definition) is 5. The van der Waals surface area contributed by atoms with E-state index in [9.17, 15) is 9.18 Å². The molecule has 0 aliphatic heterocycles. The Kier molecular flexibility index (Phi) is 11.0. The van der Waals surface area contributed by atoms with E-state index in [0.717, 1.165) is 30.0 Å². The van der Waals surface area contributed by atoms with Crippen LogP contribution in [0.5, 0.6) is 5.75 Å². The van der Waals surface area contributed by atoms with Gasteiger partial charge in [-0.1, -0.05) is 76.8 Å². The minimum Gasteiger partial charge on any atom is -0.423 e. The molecule has 5 nitrogen and oxygen atoms in total. The SMILES string of the molecule is CCCCCCCCCCCCc1cnc(-c2ccc(C(=O)Oc3ccc(C#N)c(F)c3)cc2)nc1. The summed E-state index contributed by atoms with van der Waals surface area (Å²) in [6.45, 7) is 2.25. The van der Waals surface area contributed by atoms with Crippen molar-refractivity contribution in [3.05, 3.63) is 77.4 Å². The molecule has 0 N–H and O–H groups in total. The fourth-order valence-electron chi connectivity index (χ4n) is 4.02. The topological polar surface area (TPSA) is 75.9 Å². The zero-order valence-corrected chi connectivity index (χ0v) is 21.0. The van der Waals surface area contributed by atoms with Gasteiger partial charge in [-0.05, 0) is 42.7 Å². The van der Waals surface area contributed by atoms with Gasteiger partial charge in [0.1, 0.15) is 17.6 Å². The predicted octanol–water partition coefficient (Wildman–Crippen LogP) is 7.84. The number of carbonyl (C=O) groups excluding carboxylic acids is 1. The van der Waals surface area contributed by atoms with Crippen molar-refractivity contribution >= 4 is 5.97 Å². The van der Waals surface area contributed by atoms with Crippen LogP contribution in [-0.2, 0) is 6.42 Å². The number of rotatable bonds is 14. The first-order valence-corrected chi connectivity index (χ1v) is 12.9. The van der Waals surface area contributed by atoms with Crippen LogP contribution in [0, 0.1) is 17.1 Å². The van der Waals surface area contributed by atoms with Crippen LogP contribution in [0.3, 0.4) is 0 Å². The first-order chi connectivity index (χ1) is 17.6. The van der Waals surface area contributed by atoms with Crippen LogP contribution in [0.1, 0.15) is 92.6 Å². The Morgan fingerprint density at radius 3 is 2.08 bits per heavy atom. The van der Waals surface area contributed by atoms with Gasteiger partial charge >= 0.3 is 5.97 Å². The molecule has 0 amide bonds. The second-order valence-electron chi connectivity index (χ2n) is 9.07. The van der Waals surface area contributed by atoms with Crippen LogP contribution in [0.15, 0.2) is 54.9 Å². The standard InChI is InChI=1S/C30H34FN3O2/c1-2-3-4-5-6-7-8-9-10-11-12-23-21-33-29(34-22-23)24-13-15-25(16-14-24)30(35)36-27-18-17-26(20-32)28(31)19-27/h13-19,21-22H,2-12H2,1H3. The molecule has 0 aliphatic rings. The molecule has 3 aromatic rings. The Hall–Kier alpha value is -3.59. The number of esters is 1. The molecular weight excluding hydrogens is 453 g/mol. The second kappa shape index (κ2) is 14.7. The molecule has 1 heterocycles. The molecule has 0 radical (unpaired) electrons. The minimum absolute atomic E-state index is 0.0434. The summed E-state index contributed by atoms with van der Waals surface area (Å²) in [7, 11) is 0. The summed E-state index contributed by atoms with van der Waals surface area (Å²) in [6.07, 6.45) is 17.9. The van der Waals surface area contributed by atoms with Crippen LogP contribution in [-0.4, -0.2) is 15.9 Å². The molecule has 0 saturated carbocycles. The van der Waals surface area contributed by atoms with Gasteiger partial charge in [0.05, 0.1) is 11.1 Å². The van der Waals surface area contributed by atoms with Crippen molar-refractivity contribution in [1.82, 2.24) is 9.97 Å². The number of halogens is 1. The third kappa shape index (κ3) is 8.57. The molecule has 3 rings (SSSR count). The van der Waals surface area contributed by atoms with E-state index in [1.54, 1.807) is 30.3 Å². The molecule has 0 spiro atoms. The monoisotopic (exact) mass is 487 g/mol. The van der Waals surface area contributed by atoms with Crippen LogP contribution in [0.4, 0.5) is 4.39 Å². The average molecular weight is 488 g/mol. The molecule has 36 heavy (non-hydrogen) atoms. The zero-order valence-electron chi connectivity index (χ0n) is 21.0. The van der Waals surface area contributed by atoms with Crippen molar-refractivity contribution in [2.45, 2.75) is 77.6 Å². The van der Waals surface area contributed by atoms with Gasteiger partial charge in [0, 0.05) is 24.0 Å². The van der Waals surface area contributed by atoms with Crippen LogP contribution >= 0.6 is 0 Å². The zero-order chi connectivity index (χ0) is 25.6. The highest BCUT2D eigenvalue weighted by Crippen LogP contribution is 2.20. The maximum absolute atomic E-state index is 13.7. The fourth-order valence-corrected chi connectivity index (χ4v) is 4.02. The molecule has 2 aromatic carbocycles. The van der Waals surface area contributed by atoms with Crippen LogP contribution < -0.4 is 4.74 Å². The van der Waals surface area contributed by atoms with Crippen molar-refractivity contribution < 1.29 is 13.9 Å². The summed E-state index contributed by atoms with van der Waals surface area (Å²) in [6, 6.07) is 12.2. The Morgan fingerprint density at radius 1 is 0.889 bits per heavy atom. The molecule has 0 bridgehead atoms. The number of aromatic nitrogens is 2. The highest BCUT2D eigenvalue weighted by atomic mass is 19.1. The summed E-state index contributed by atoms with van der Waals surface area (Å²) in [5.74, 6) is -0.705. The van der Waals surface area contributed by atoms with E-state index in [2.05, 4.69) is 16.9 Å². The molecule has 6 heteroatoms. The van der Waals surface area contributed by atoms with E-state index in [4.69, 9.17) is 10.00 Å². The van der Waals surface area contributed by atoms with Crippen LogP contribution in [0.2, 0.25) is 0 Å². The lowest BCUT2D eigenvalue weighted by molar-refractivity contribution is 0.0734. The molecule has 0 fully saturated rings. The smallest absolute Gasteiger partial charge is 0.343 e. The normalized spacial score (nSPS) is 10.7. The van der Waals surface area contributed by atoms with E-state index >= 15 is 0 Å². The minimum atomic E-state index is -0.730. The number of aryl methyl sites for hydroxylation is 1. The first kappa shape index (κ1) is 27.0. The number of nitrogens with zero attached hydrogens (tertiary/aromatic N) is 3. The van der Waals surface area contributed by atoms with Gasteiger partial charge in [-0.25, -0.2) is 19.2 Å². The molecule has 1 aromatic heterocycles. The lowest BCUT2D eigenvalue weighted by atomic mass is 10.0. The van der Waals surface area contributed by atoms with E-state index in [1.807, 2.05) is 12.4 Å². The Morgan fingerprint density at radius 2 is 1.50 bits per heavy atom. The molecule has 188 valence electrons. The first-order valence-electron chi connectivity index (χ1n) is 12.9. The number of carbonyl (C=O) groups is 1. The quantitative estimate of drug-likeness (QED) is 0.131. The summed E-state index contributed by atoms with van der Waals surface area (Å²) >= 11 is 0. The van der Waals surface area contributed by atoms with Gasteiger partial charge in [0.2, 0.25) is 0 Å². The van der Waals surface area contributed by atoms with E-state index in [-0.39, 0.29) is 11.3 Å². The fraction of sp³-hybridized carbons (Fsp3) is 0.400. The Balaban J connectivity index is 1.41. The number of benzene rings is 2. The summed E-state index contributed by atoms with van der Waals surface area (Å²) in [5.41, 5.74) is 2.14. The van der Waals surface area contributed by atoms with Gasteiger partial charge in [0.25, 0.3) is 0 Å². The number of hydrogen-bond donors (Lipinski definition) is 0. The predicted molar refractivity (Wildman–Crippen MR) is 139 cm³/mol. The van der Waals surface area contributed by atoms with Crippen molar-refractivity contribution in [3.8, 4) is 23.2 Å². The number of unbranched alkanes of at least 4 members (excludes halogenated alkanes) is 9. The molecule has 0 atom stereocenters. The maximum Gasteiger partial charge on any atom is 0.343 e. The molecule has 0 aliphatic carbocycles. The lowest BCUT2D eigenvalue weighted by Gasteiger charge is -2.06. The lowest BCUT2D eigenvalue weighted by Crippen LogP contribution is -2.08. The Labute approximate surface area is 213 Å².